The Balaban J connectivity index is 2.33. The summed E-state index contributed by atoms with van der Waals surface area (Å²) in [5, 5.41) is 17.1. The van der Waals surface area contributed by atoms with Gasteiger partial charge in [0.15, 0.2) is 0 Å². The maximum atomic E-state index is 12.3. The summed E-state index contributed by atoms with van der Waals surface area (Å²) in [6.45, 7) is 7.49. The molecule has 0 aromatic heterocycles. The van der Waals surface area contributed by atoms with Gasteiger partial charge in [0.05, 0.1) is 6.42 Å². The third kappa shape index (κ3) is 14.7. The smallest absolute Gasteiger partial charge is 0.407 e. The van der Waals surface area contributed by atoms with Gasteiger partial charge in [0.1, 0.15) is 12.2 Å². The van der Waals surface area contributed by atoms with Crippen LogP contribution in [0.15, 0.2) is 30.3 Å². The quantitative estimate of drug-likeness (QED) is 0.318. The van der Waals surface area contributed by atoms with Crippen molar-refractivity contribution in [3.05, 3.63) is 35.9 Å². The Morgan fingerprint density at radius 1 is 0.971 bits per heavy atom. The van der Waals surface area contributed by atoms with E-state index in [0.29, 0.717) is 25.8 Å². The van der Waals surface area contributed by atoms with Gasteiger partial charge in [-0.15, -0.1) is 0 Å². The summed E-state index contributed by atoms with van der Waals surface area (Å²) >= 11 is 0. The molecule has 1 rings (SSSR count). The van der Waals surface area contributed by atoms with E-state index in [1.54, 1.807) is 27.7 Å². The first-order valence-electron chi connectivity index (χ1n) is 11.4. The lowest BCUT2D eigenvalue weighted by molar-refractivity contribution is -0.137. The number of aliphatic carboxylic acids is 1. The number of benzene rings is 1. The maximum absolute atomic E-state index is 12.3. The van der Waals surface area contributed by atoms with Crippen molar-refractivity contribution in [1.82, 2.24) is 16.0 Å². The van der Waals surface area contributed by atoms with Gasteiger partial charge in [-0.3, -0.25) is 9.59 Å². The number of carboxylic acids is 1. The lowest BCUT2D eigenvalue weighted by Gasteiger charge is -2.20. The molecule has 4 N–H and O–H groups in total. The minimum absolute atomic E-state index is 0.0171. The van der Waals surface area contributed by atoms with E-state index in [4.69, 9.17) is 14.6 Å². The van der Waals surface area contributed by atoms with E-state index in [2.05, 4.69) is 16.0 Å². The maximum Gasteiger partial charge on any atom is 0.407 e. The molecule has 0 aliphatic carbocycles. The van der Waals surface area contributed by atoms with Crippen LogP contribution < -0.4 is 16.0 Å². The van der Waals surface area contributed by atoms with Crippen molar-refractivity contribution in [2.75, 3.05) is 6.54 Å². The number of alkyl carbamates (subject to hydrolysis) is 2. The van der Waals surface area contributed by atoms with Crippen LogP contribution in [0, 0.1) is 0 Å². The number of rotatable bonds is 13. The number of ether oxygens (including phenoxy) is 2. The SMILES string of the molecule is C[C@@H](CC(=O)N[C@@H](CCCCNC(=O)OC(C)(C)C)CC(=O)O)NC(=O)OCc1ccccc1. The molecular weight excluding hydrogens is 442 g/mol. The van der Waals surface area contributed by atoms with Crippen LogP contribution in [0.25, 0.3) is 0 Å². The van der Waals surface area contributed by atoms with Crippen LogP contribution in [0.5, 0.6) is 0 Å². The lowest BCUT2D eigenvalue weighted by Crippen LogP contribution is -2.41. The summed E-state index contributed by atoms with van der Waals surface area (Å²) in [4.78, 5) is 47.1. The number of unbranched alkanes of at least 4 members (excludes halogenated alkanes) is 1. The second-order valence-corrected chi connectivity index (χ2v) is 9.10. The van der Waals surface area contributed by atoms with Crippen LogP contribution in [0.2, 0.25) is 0 Å². The Morgan fingerprint density at radius 2 is 1.65 bits per heavy atom. The summed E-state index contributed by atoms with van der Waals surface area (Å²) in [7, 11) is 0. The van der Waals surface area contributed by atoms with Crippen molar-refractivity contribution in [2.24, 2.45) is 0 Å². The average molecular weight is 480 g/mol. The topological polar surface area (TPSA) is 143 Å². The van der Waals surface area contributed by atoms with E-state index in [1.165, 1.54) is 0 Å². The molecule has 0 aliphatic heterocycles. The Morgan fingerprint density at radius 3 is 2.26 bits per heavy atom. The molecule has 0 bridgehead atoms. The molecule has 0 saturated carbocycles. The molecule has 0 spiro atoms. The van der Waals surface area contributed by atoms with E-state index < -0.39 is 35.8 Å². The van der Waals surface area contributed by atoms with Gasteiger partial charge in [0.2, 0.25) is 5.91 Å². The molecule has 0 saturated heterocycles. The van der Waals surface area contributed by atoms with Crippen LogP contribution in [0.3, 0.4) is 0 Å². The van der Waals surface area contributed by atoms with Crippen molar-refractivity contribution >= 4 is 24.1 Å². The highest BCUT2D eigenvalue weighted by Crippen LogP contribution is 2.08. The molecule has 2 atom stereocenters. The van der Waals surface area contributed by atoms with Gasteiger partial charge in [0, 0.05) is 25.0 Å². The molecule has 0 aliphatic rings. The van der Waals surface area contributed by atoms with E-state index >= 15 is 0 Å². The second-order valence-electron chi connectivity index (χ2n) is 9.10. The number of hydrogen-bond donors (Lipinski definition) is 4. The first-order chi connectivity index (χ1) is 15.9. The molecule has 1 aromatic rings. The Bertz CT molecular complexity index is 794. The molecule has 1 aromatic carbocycles. The number of carboxylic acid groups (broad SMARTS) is 1. The fraction of sp³-hybridized carbons (Fsp3) is 0.583. The number of carbonyl (C=O) groups is 4. The Kier molecular flexibility index (Phi) is 12.5. The molecule has 190 valence electrons. The zero-order chi connectivity index (χ0) is 25.6. The lowest BCUT2D eigenvalue weighted by atomic mass is 10.1. The van der Waals surface area contributed by atoms with Crippen molar-refractivity contribution in [1.29, 1.82) is 0 Å². The number of hydrogen-bond acceptors (Lipinski definition) is 6. The Labute approximate surface area is 200 Å². The van der Waals surface area contributed by atoms with Gasteiger partial charge in [-0.05, 0) is 52.5 Å². The van der Waals surface area contributed by atoms with Crippen molar-refractivity contribution in [3.63, 3.8) is 0 Å². The predicted octanol–water partition coefficient (Wildman–Crippen LogP) is 3.35. The zero-order valence-corrected chi connectivity index (χ0v) is 20.4. The van der Waals surface area contributed by atoms with Crippen LogP contribution in [0.1, 0.15) is 65.4 Å². The fourth-order valence-electron chi connectivity index (χ4n) is 3.04. The first kappa shape index (κ1) is 28.7. The molecule has 3 amide bonds. The van der Waals surface area contributed by atoms with E-state index in [9.17, 15) is 19.2 Å². The molecule has 0 unspecified atom stereocenters. The minimum atomic E-state index is -1.02. The van der Waals surface area contributed by atoms with Crippen molar-refractivity contribution < 1.29 is 33.8 Å². The molecule has 34 heavy (non-hydrogen) atoms. The van der Waals surface area contributed by atoms with Gasteiger partial charge in [-0.25, -0.2) is 9.59 Å². The van der Waals surface area contributed by atoms with Gasteiger partial charge >= 0.3 is 18.2 Å². The normalized spacial score (nSPS) is 12.7. The summed E-state index contributed by atoms with van der Waals surface area (Å²) in [6, 6.07) is 8.17. The highest BCUT2D eigenvalue weighted by Gasteiger charge is 2.19. The fourth-order valence-corrected chi connectivity index (χ4v) is 3.04. The third-order valence-electron chi connectivity index (χ3n) is 4.50. The predicted molar refractivity (Wildman–Crippen MR) is 126 cm³/mol. The van der Waals surface area contributed by atoms with E-state index in [0.717, 1.165) is 5.56 Å². The largest absolute Gasteiger partial charge is 0.481 e. The highest BCUT2D eigenvalue weighted by molar-refractivity contribution is 5.78. The monoisotopic (exact) mass is 479 g/mol. The second kappa shape index (κ2) is 14.8. The summed E-state index contributed by atoms with van der Waals surface area (Å²) < 4.78 is 10.3. The first-order valence-corrected chi connectivity index (χ1v) is 11.4. The molecule has 10 nitrogen and oxygen atoms in total. The number of amides is 3. The van der Waals surface area contributed by atoms with Gasteiger partial charge in [-0.2, -0.15) is 0 Å². The Hall–Kier alpha value is -3.30. The number of carbonyl (C=O) groups excluding carboxylic acids is 3. The molecule has 10 heteroatoms. The van der Waals surface area contributed by atoms with E-state index in [1.807, 2.05) is 30.3 Å². The van der Waals surface area contributed by atoms with Gasteiger partial charge in [0.25, 0.3) is 0 Å². The third-order valence-corrected chi connectivity index (χ3v) is 4.50. The number of nitrogens with one attached hydrogen (secondary N) is 3. The molecule has 0 heterocycles. The molecular formula is C24H37N3O7. The standard InChI is InChI=1S/C24H37N3O7/c1-17(26-23(32)33-16-18-10-6-5-7-11-18)14-20(28)27-19(15-21(29)30)12-8-9-13-25-22(31)34-24(2,3)4/h5-7,10-11,17,19H,8-9,12-16H2,1-4H3,(H,25,31)(H,26,32)(H,27,28)(H,29,30)/t17-,19-/m0/s1. The average Bonchev–Trinajstić information content (AvgIpc) is 2.70. The van der Waals surface area contributed by atoms with Crippen molar-refractivity contribution in [3.8, 4) is 0 Å². The minimum Gasteiger partial charge on any atom is -0.481 e. The van der Waals surface area contributed by atoms with Crippen molar-refractivity contribution in [2.45, 2.75) is 84.1 Å². The van der Waals surface area contributed by atoms with Gasteiger partial charge in [-0.1, -0.05) is 30.3 Å². The van der Waals surface area contributed by atoms with Crippen LogP contribution >= 0.6 is 0 Å². The van der Waals surface area contributed by atoms with E-state index in [-0.39, 0.29) is 25.4 Å². The highest BCUT2D eigenvalue weighted by atomic mass is 16.6. The zero-order valence-electron chi connectivity index (χ0n) is 20.4. The van der Waals surface area contributed by atoms with Crippen LogP contribution in [0.4, 0.5) is 9.59 Å². The summed E-state index contributed by atoms with van der Waals surface area (Å²) in [6.07, 6.45) is 0.275. The summed E-state index contributed by atoms with van der Waals surface area (Å²) in [5.41, 5.74) is 0.270. The van der Waals surface area contributed by atoms with Crippen LogP contribution in [-0.4, -0.2) is 53.4 Å². The van der Waals surface area contributed by atoms with Crippen LogP contribution in [-0.2, 0) is 25.7 Å². The van der Waals surface area contributed by atoms with Gasteiger partial charge < -0.3 is 30.5 Å². The summed E-state index contributed by atoms with van der Waals surface area (Å²) in [5.74, 6) is -1.39. The molecule has 0 radical (unpaired) electrons. The molecule has 0 fully saturated rings.